The summed E-state index contributed by atoms with van der Waals surface area (Å²) >= 11 is 0. The molecule has 0 fully saturated rings. The van der Waals surface area contributed by atoms with Crippen molar-refractivity contribution in [3.05, 3.63) is 35.8 Å². The molecule has 0 aliphatic carbocycles. The predicted octanol–water partition coefficient (Wildman–Crippen LogP) is 2.75. The van der Waals surface area contributed by atoms with Gasteiger partial charge in [-0.05, 0) is 19.1 Å². The minimum Gasteiger partial charge on any atom is -0.463 e. The van der Waals surface area contributed by atoms with Gasteiger partial charge in [-0.15, -0.1) is 0 Å². The van der Waals surface area contributed by atoms with Gasteiger partial charge in [0.1, 0.15) is 23.2 Å². The van der Waals surface area contributed by atoms with Crippen molar-refractivity contribution >= 4 is 16.9 Å². The quantitative estimate of drug-likeness (QED) is 0.712. The summed E-state index contributed by atoms with van der Waals surface area (Å²) in [4.78, 5) is 11.4. The summed E-state index contributed by atoms with van der Waals surface area (Å²) in [6, 6.07) is 4.01. The molecule has 0 N–H and O–H groups in total. The fourth-order valence-electron chi connectivity index (χ4n) is 1.37. The van der Waals surface area contributed by atoms with Gasteiger partial charge in [-0.2, -0.15) is 0 Å². The molecule has 0 amide bonds. The van der Waals surface area contributed by atoms with Gasteiger partial charge >= 0.3 is 5.97 Å². The largest absolute Gasteiger partial charge is 0.463 e. The zero-order valence-electron chi connectivity index (χ0n) is 8.12. The van der Waals surface area contributed by atoms with E-state index in [1.54, 1.807) is 6.92 Å². The first-order valence-corrected chi connectivity index (χ1v) is 4.56. The fraction of sp³-hybridized carbons (Fsp3) is 0.182. The van der Waals surface area contributed by atoms with Crippen LogP contribution in [0, 0.1) is 5.82 Å². The van der Waals surface area contributed by atoms with Crippen molar-refractivity contribution in [3.8, 4) is 0 Å². The molecule has 4 heteroatoms. The molecule has 2 aromatic rings. The summed E-state index contributed by atoms with van der Waals surface area (Å²) < 4.78 is 22.7. The highest BCUT2D eigenvalue weighted by Gasteiger charge is 2.14. The molecule has 0 bridgehead atoms. The van der Waals surface area contributed by atoms with Crippen LogP contribution < -0.4 is 0 Å². The molecule has 0 unspecified atom stereocenters. The Hall–Kier alpha value is -1.84. The summed E-state index contributed by atoms with van der Waals surface area (Å²) in [5.74, 6) is -0.852. The van der Waals surface area contributed by atoms with E-state index >= 15 is 0 Å². The second-order valence-corrected chi connectivity index (χ2v) is 3.01. The molecule has 2 rings (SSSR count). The second-order valence-electron chi connectivity index (χ2n) is 3.01. The molecule has 78 valence electrons. The number of carbonyl (C=O) groups excluding carboxylic acids is 1. The number of hydrogen-bond acceptors (Lipinski definition) is 3. The van der Waals surface area contributed by atoms with Gasteiger partial charge < -0.3 is 9.15 Å². The van der Waals surface area contributed by atoms with Gasteiger partial charge in [-0.3, -0.25) is 0 Å². The van der Waals surface area contributed by atoms with Crippen LogP contribution >= 0.6 is 0 Å². The third-order valence-electron chi connectivity index (χ3n) is 2.03. The van der Waals surface area contributed by atoms with Gasteiger partial charge in [-0.25, -0.2) is 9.18 Å². The van der Waals surface area contributed by atoms with Gasteiger partial charge in [0.05, 0.1) is 6.61 Å². The van der Waals surface area contributed by atoms with E-state index in [0.717, 1.165) is 0 Å². The number of halogens is 1. The van der Waals surface area contributed by atoms with Crippen molar-refractivity contribution in [2.75, 3.05) is 6.61 Å². The lowest BCUT2D eigenvalue weighted by atomic mass is 10.2. The number of carbonyl (C=O) groups is 1. The Morgan fingerprint density at radius 2 is 2.33 bits per heavy atom. The number of hydrogen-bond donors (Lipinski definition) is 0. The zero-order chi connectivity index (χ0) is 10.8. The van der Waals surface area contributed by atoms with Crippen LogP contribution in [0.3, 0.4) is 0 Å². The SMILES string of the molecule is CCOC(=O)c1coc2cc(F)ccc12. The number of fused-ring (bicyclic) bond motifs is 1. The first kappa shape index (κ1) is 9.71. The first-order valence-electron chi connectivity index (χ1n) is 4.56. The van der Waals surface area contributed by atoms with E-state index in [1.807, 2.05) is 0 Å². The summed E-state index contributed by atoms with van der Waals surface area (Å²) in [5.41, 5.74) is 0.671. The molecule has 0 spiro atoms. The maximum atomic E-state index is 12.8. The Balaban J connectivity index is 2.49. The van der Waals surface area contributed by atoms with Crippen LogP contribution in [0.15, 0.2) is 28.9 Å². The number of rotatable bonds is 2. The minimum atomic E-state index is -0.456. The number of furan rings is 1. The van der Waals surface area contributed by atoms with Crippen LogP contribution in [0.4, 0.5) is 4.39 Å². The normalized spacial score (nSPS) is 10.5. The first-order chi connectivity index (χ1) is 7.22. The highest BCUT2D eigenvalue weighted by molar-refractivity contribution is 6.03. The molecule has 15 heavy (non-hydrogen) atoms. The van der Waals surface area contributed by atoms with Crippen LogP contribution in [-0.2, 0) is 4.74 Å². The van der Waals surface area contributed by atoms with Gasteiger partial charge in [0.2, 0.25) is 0 Å². The second kappa shape index (κ2) is 3.73. The summed E-state index contributed by atoms with van der Waals surface area (Å²) in [6.45, 7) is 2.02. The molecule has 1 aromatic carbocycles. The molecule has 0 atom stereocenters. The van der Waals surface area contributed by atoms with Crippen molar-refractivity contribution in [1.29, 1.82) is 0 Å². The van der Waals surface area contributed by atoms with Crippen LogP contribution in [0.2, 0.25) is 0 Å². The van der Waals surface area contributed by atoms with Crippen LogP contribution in [0.5, 0.6) is 0 Å². The Labute approximate surface area is 85.4 Å². The maximum absolute atomic E-state index is 12.8. The molecule has 0 saturated carbocycles. The lowest BCUT2D eigenvalue weighted by molar-refractivity contribution is 0.0527. The standard InChI is InChI=1S/C11H9FO3/c1-2-14-11(13)9-6-15-10-5-7(12)3-4-8(9)10/h3-6H,2H2,1H3. The Bertz CT molecular complexity index is 502. The highest BCUT2D eigenvalue weighted by atomic mass is 19.1. The average molecular weight is 208 g/mol. The third kappa shape index (κ3) is 1.70. The molecular formula is C11H9FO3. The average Bonchev–Trinajstić information content (AvgIpc) is 2.60. The molecule has 1 aromatic heterocycles. The van der Waals surface area contributed by atoms with E-state index in [9.17, 15) is 9.18 Å². The van der Waals surface area contributed by atoms with Crippen LogP contribution in [0.25, 0.3) is 11.0 Å². The summed E-state index contributed by atoms with van der Waals surface area (Å²) in [6.07, 6.45) is 1.28. The Morgan fingerprint density at radius 1 is 1.53 bits per heavy atom. The molecule has 0 aliphatic rings. The molecular weight excluding hydrogens is 199 g/mol. The highest BCUT2D eigenvalue weighted by Crippen LogP contribution is 2.22. The number of benzene rings is 1. The zero-order valence-corrected chi connectivity index (χ0v) is 8.12. The predicted molar refractivity (Wildman–Crippen MR) is 52.1 cm³/mol. The van der Waals surface area contributed by atoms with E-state index in [1.165, 1.54) is 24.5 Å². The molecule has 1 heterocycles. The van der Waals surface area contributed by atoms with Gasteiger partial charge in [0, 0.05) is 11.5 Å². The van der Waals surface area contributed by atoms with Crippen molar-refractivity contribution < 1.29 is 18.3 Å². The summed E-state index contributed by atoms with van der Waals surface area (Å²) in [5, 5.41) is 0.565. The Morgan fingerprint density at radius 3 is 3.07 bits per heavy atom. The van der Waals surface area contributed by atoms with Crippen molar-refractivity contribution in [2.24, 2.45) is 0 Å². The monoisotopic (exact) mass is 208 g/mol. The van der Waals surface area contributed by atoms with Crippen molar-refractivity contribution in [2.45, 2.75) is 6.92 Å². The number of esters is 1. The van der Waals surface area contributed by atoms with Crippen molar-refractivity contribution in [3.63, 3.8) is 0 Å². The smallest absolute Gasteiger partial charge is 0.342 e. The van der Waals surface area contributed by atoms with Gasteiger partial charge in [0.25, 0.3) is 0 Å². The lowest BCUT2D eigenvalue weighted by Gasteiger charge is -1.98. The van der Waals surface area contributed by atoms with Crippen LogP contribution in [0.1, 0.15) is 17.3 Å². The molecule has 3 nitrogen and oxygen atoms in total. The fourth-order valence-corrected chi connectivity index (χ4v) is 1.37. The minimum absolute atomic E-state index is 0.298. The van der Waals surface area contributed by atoms with E-state index in [4.69, 9.17) is 9.15 Å². The molecule has 0 aliphatic heterocycles. The summed E-state index contributed by atoms with van der Waals surface area (Å²) in [7, 11) is 0. The van der Waals surface area contributed by atoms with Crippen molar-refractivity contribution in [1.82, 2.24) is 0 Å². The van der Waals surface area contributed by atoms with E-state index in [2.05, 4.69) is 0 Å². The van der Waals surface area contributed by atoms with E-state index in [-0.39, 0.29) is 0 Å². The van der Waals surface area contributed by atoms with Gasteiger partial charge in [-0.1, -0.05) is 0 Å². The topological polar surface area (TPSA) is 39.4 Å². The maximum Gasteiger partial charge on any atom is 0.342 e. The van der Waals surface area contributed by atoms with Crippen LogP contribution in [-0.4, -0.2) is 12.6 Å². The van der Waals surface area contributed by atoms with E-state index < -0.39 is 11.8 Å². The number of ether oxygens (including phenoxy) is 1. The van der Waals surface area contributed by atoms with E-state index in [0.29, 0.717) is 23.1 Å². The van der Waals surface area contributed by atoms with Gasteiger partial charge in [0.15, 0.2) is 0 Å². The Kier molecular flexibility index (Phi) is 2.41. The third-order valence-corrected chi connectivity index (χ3v) is 2.03. The molecule has 0 saturated heterocycles. The lowest BCUT2D eigenvalue weighted by Crippen LogP contribution is -2.03. The molecule has 0 radical (unpaired) electrons.